The number of hydrogen-bond acceptors (Lipinski definition) is 7. The second-order valence-corrected chi connectivity index (χ2v) is 7.65. The van der Waals surface area contributed by atoms with Crippen molar-refractivity contribution in [2.45, 2.75) is 15.1 Å². The Hall–Kier alpha value is -1.91. The van der Waals surface area contributed by atoms with Gasteiger partial charge in [-0.15, -0.1) is 0 Å². The molecule has 0 aliphatic heterocycles. The van der Waals surface area contributed by atoms with Crippen LogP contribution in [-0.4, -0.2) is 39.6 Å². The quantitative estimate of drug-likeness (QED) is 0.723. The Labute approximate surface area is 133 Å². The number of halogens is 1. The van der Waals surface area contributed by atoms with Gasteiger partial charge in [-0.3, -0.25) is 4.79 Å². The molecule has 0 radical (unpaired) electrons. The lowest BCUT2D eigenvalue weighted by atomic mass is 10.5. The average Bonchev–Trinajstić information content (AvgIpc) is 2.87. The van der Waals surface area contributed by atoms with Gasteiger partial charge in [0.25, 0.3) is 5.56 Å². The minimum Gasteiger partial charge on any atom is -0.328 e. The molecule has 0 aliphatic rings. The SMILES string of the molecule is CS(=O)(=O)c1nc2ncc(Sc3cc[nH]c(=O)c3Cl)nc2[nH]1. The molecule has 2 N–H and O–H groups in total. The van der Waals surface area contributed by atoms with Crippen molar-refractivity contribution in [2.75, 3.05) is 6.26 Å². The second kappa shape index (κ2) is 5.38. The lowest BCUT2D eigenvalue weighted by molar-refractivity contribution is 0.595. The molecule has 0 aliphatic carbocycles. The van der Waals surface area contributed by atoms with Crippen LogP contribution in [0, 0.1) is 0 Å². The molecule has 0 saturated carbocycles. The summed E-state index contributed by atoms with van der Waals surface area (Å²) in [5.74, 6) is 0. The summed E-state index contributed by atoms with van der Waals surface area (Å²) in [4.78, 5) is 29.1. The predicted molar refractivity (Wildman–Crippen MR) is 81.0 cm³/mol. The van der Waals surface area contributed by atoms with E-state index in [0.29, 0.717) is 9.92 Å². The Morgan fingerprint density at radius 3 is 2.82 bits per heavy atom. The number of imidazole rings is 1. The van der Waals surface area contributed by atoms with Crippen molar-refractivity contribution in [1.82, 2.24) is 24.9 Å². The summed E-state index contributed by atoms with van der Waals surface area (Å²) >= 11 is 7.05. The molecule has 8 nitrogen and oxygen atoms in total. The molecule has 0 spiro atoms. The van der Waals surface area contributed by atoms with E-state index in [-0.39, 0.29) is 21.5 Å². The summed E-state index contributed by atoms with van der Waals surface area (Å²) < 4.78 is 22.9. The van der Waals surface area contributed by atoms with Crippen LogP contribution in [-0.2, 0) is 9.84 Å². The Morgan fingerprint density at radius 2 is 2.09 bits per heavy atom. The number of sulfone groups is 1. The fourth-order valence-corrected chi connectivity index (χ4v) is 3.17. The number of aromatic nitrogens is 5. The molecule has 0 fully saturated rings. The zero-order chi connectivity index (χ0) is 15.9. The molecule has 22 heavy (non-hydrogen) atoms. The highest BCUT2D eigenvalue weighted by molar-refractivity contribution is 7.99. The Kier molecular flexibility index (Phi) is 3.67. The maximum Gasteiger partial charge on any atom is 0.267 e. The molecule has 0 unspecified atom stereocenters. The number of nitrogens with zero attached hydrogens (tertiary/aromatic N) is 3. The van der Waals surface area contributed by atoms with Gasteiger partial charge in [-0.05, 0) is 6.07 Å². The number of hydrogen-bond donors (Lipinski definition) is 2. The molecule has 3 heterocycles. The molecule has 0 amide bonds. The van der Waals surface area contributed by atoms with E-state index in [1.54, 1.807) is 6.07 Å². The lowest BCUT2D eigenvalue weighted by Gasteiger charge is -2.01. The molecule has 0 saturated heterocycles. The summed E-state index contributed by atoms with van der Waals surface area (Å²) in [6.07, 6.45) is 3.94. The molecular weight excluding hydrogens is 350 g/mol. The lowest BCUT2D eigenvalue weighted by Crippen LogP contribution is -2.05. The van der Waals surface area contributed by atoms with E-state index in [9.17, 15) is 13.2 Å². The normalized spacial score (nSPS) is 11.9. The highest BCUT2D eigenvalue weighted by atomic mass is 35.5. The van der Waals surface area contributed by atoms with Crippen molar-refractivity contribution in [2.24, 2.45) is 0 Å². The van der Waals surface area contributed by atoms with Crippen LogP contribution in [0.1, 0.15) is 0 Å². The maximum absolute atomic E-state index is 11.5. The smallest absolute Gasteiger partial charge is 0.267 e. The van der Waals surface area contributed by atoms with Gasteiger partial charge in [0.05, 0.1) is 6.20 Å². The van der Waals surface area contributed by atoms with Crippen molar-refractivity contribution >= 4 is 44.5 Å². The first-order valence-electron chi connectivity index (χ1n) is 5.82. The van der Waals surface area contributed by atoms with Gasteiger partial charge >= 0.3 is 0 Å². The molecule has 3 aromatic rings. The van der Waals surface area contributed by atoms with Crippen LogP contribution in [0.3, 0.4) is 0 Å². The van der Waals surface area contributed by atoms with E-state index in [4.69, 9.17) is 11.6 Å². The van der Waals surface area contributed by atoms with Gasteiger partial charge in [0.15, 0.2) is 11.3 Å². The molecule has 0 bridgehead atoms. The third kappa shape index (κ3) is 2.85. The molecule has 0 atom stereocenters. The number of fused-ring (bicyclic) bond motifs is 1. The summed E-state index contributed by atoms with van der Waals surface area (Å²) in [6.45, 7) is 0. The number of nitrogens with one attached hydrogen (secondary N) is 2. The molecule has 0 aromatic carbocycles. The number of pyridine rings is 1. The summed E-state index contributed by atoms with van der Waals surface area (Å²) in [6, 6.07) is 1.63. The van der Waals surface area contributed by atoms with E-state index < -0.39 is 15.4 Å². The first-order valence-corrected chi connectivity index (χ1v) is 8.91. The predicted octanol–water partition coefficient (Wildman–Crippen LogP) is 1.25. The maximum atomic E-state index is 11.5. The van der Waals surface area contributed by atoms with Crippen LogP contribution in [0.15, 0.2) is 38.3 Å². The first-order chi connectivity index (χ1) is 10.3. The summed E-state index contributed by atoms with van der Waals surface area (Å²) in [7, 11) is -3.47. The van der Waals surface area contributed by atoms with Crippen molar-refractivity contribution in [3.63, 3.8) is 0 Å². The van der Waals surface area contributed by atoms with Crippen LogP contribution in [0.5, 0.6) is 0 Å². The van der Waals surface area contributed by atoms with E-state index >= 15 is 0 Å². The van der Waals surface area contributed by atoms with E-state index in [0.717, 1.165) is 18.0 Å². The van der Waals surface area contributed by atoms with Crippen LogP contribution in [0.2, 0.25) is 5.02 Å². The number of rotatable bonds is 3. The van der Waals surface area contributed by atoms with E-state index in [1.807, 2.05) is 0 Å². The number of aromatic amines is 2. The van der Waals surface area contributed by atoms with Gasteiger partial charge in [0.2, 0.25) is 15.0 Å². The second-order valence-electron chi connectivity index (χ2n) is 4.28. The fourth-order valence-electron chi connectivity index (χ4n) is 1.62. The van der Waals surface area contributed by atoms with Crippen LogP contribution >= 0.6 is 23.4 Å². The number of H-pyrrole nitrogens is 2. The van der Waals surface area contributed by atoms with Crippen LogP contribution in [0.25, 0.3) is 11.3 Å². The van der Waals surface area contributed by atoms with Crippen molar-refractivity contribution < 1.29 is 8.42 Å². The summed E-state index contributed by atoms with van der Waals surface area (Å²) in [5.41, 5.74) is 0.0368. The average molecular weight is 358 g/mol. The third-order valence-corrected chi connectivity index (χ3v) is 4.94. The molecule has 3 rings (SSSR count). The van der Waals surface area contributed by atoms with Gasteiger partial charge in [-0.25, -0.2) is 18.4 Å². The largest absolute Gasteiger partial charge is 0.328 e. The minimum absolute atomic E-state index is 0.0517. The van der Waals surface area contributed by atoms with Crippen LogP contribution in [0.4, 0.5) is 0 Å². The van der Waals surface area contributed by atoms with Gasteiger partial charge in [-0.2, -0.15) is 4.98 Å². The Morgan fingerprint density at radius 1 is 1.32 bits per heavy atom. The van der Waals surface area contributed by atoms with Crippen molar-refractivity contribution in [3.8, 4) is 0 Å². The van der Waals surface area contributed by atoms with Crippen molar-refractivity contribution in [1.29, 1.82) is 0 Å². The van der Waals surface area contributed by atoms with Crippen LogP contribution < -0.4 is 5.56 Å². The fraction of sp³-hybridized carbons (Fsp3) is 0.0909. The first kappa shape index (κ1) is 15.0. The zero-order valence-electron chi connectivity index (χ0n) is 11.0. The standard InChI is InChI=1S/C11H8ClN5O3S2/c1-22(19,20)11-16-8-9(17-11)15-6(4-14-8)21-5-2-3-13-10(18)7(5)12/h2-4H,1H3,(H,13,18)(H,14,15,16,17). The topological polar surface area (TPSA) is 121 Å². The van der Waals surface area contributed by atoms with E-state index in [1.165, 1.54) is 12.4 Å². The molecule has 114 valence electrons. The third-order valence-electron chi connectivity index (χ3n) is 2.59. The van der Waals surface area contributed by atoms with Gasteiger partial charge in [-0.1, -0.05) is 23.4 Å². The van der Waals surface area contributed by atoms with Gasteiger partial charge in [0, 0.05) is 17.3 Å². The highest BCUT2D eigenvalue weighted by Crippen LogP contribution is 2.29. The van der Waals surface area contributed by atoms with E-state index in [2.05, 4.69) is 24.9 Å². The highest BCUT2D eigenvalue weighted by Gasteiger charge is 2.15. The molecule has 11 heteroatoms. The van der Waals surface area contributed by atoms with Gasteiger partial charge < -0.3 is 9.97 Å². The zero-order valence-corrected chi connectivity index (χ0v) is 13.4. The molecule has 3 aromatic heterocycles. The monoisotopic (exact) mass is 357 g/mol. The van der Waals surface area contributed by atoms with Crippen molar-refractivity contribution in [3.05, 3.63) is 33.8 Å². The minimum atomic E-state index is -3.47. The molecular formula is C11H8ClN5O3S2. The Balaban J connectivity index is 2.02. The summed E-state index contributed by atoms with van der Waals surface area (Å²) in [5, 5.41) is 0.304. The Bertz CT molecular complexity index is 1030. The van der Waals surface area contributed by atoms with Gasteiger partial charge in [0.1, 0.15) is 10.0 Å².